The van der Waals surface area contributed by atoms with Crippen LogP contribution in [0.4, 0.5) is 4.79 Å². The van der Waals surface area contributed by atoms with Crippen LogP contribution in [0, 0.1) is 0 Å². The fourth-order valence-corrected chi connectivity index (χ4v) is 0.0417. The number of amides is 2. The Bertz CT molecular complexity index is 138. The van der Waals surface area contributed by atoms with Gasteiger partial charge in [0.15, 0.2) is 0 Å². The molecule has 2 amide bonds. The molecule has 0 unspecified atom stereocenters. The van der Waals surface area contributed by atoms with Gasteiger partial charge in [0.05, 0.1) is 0 Å². The number of nitrogens with two attached hydrogens (primary N) is 2. The summed E-state index contributed by atoms with van der Waals surface area (Å²) in [5.41, 5.74) is 3.48. The number of urea groups is 1. The molecule has 0 aliphatic carbocycles. The molecule has 0 aromatic carbocycles. The van der Waals surface area contributed by atoms with E-state index >= 15 is 0 Å². The zero-order valence-corrected chi connectivity index (χ0v) is 6.15. The molecule has 0 saturated carbocycles. The molecule has 11 heavy (non-hydrogen) atoms. The van der Waals surface area contributed by atoms with Crippen LogP contribution >= 0.6 is 7.82 Å². The highest BCUT2D eigenvalue weighted by molar-refractivity contribution is 7.45. The van der Waals surface area contributed by atoms with Gasteiger partial charge in [-0.3, -0.25) is 10.9 Å². The molecule has 0 atom stereocenters. The maximum absolute atomic E-state index is 9.71. The first-order chi connectivity index (χ1) is 4.81. The van der Waals surface area contributed by atoms with Crippen LogP contribution < -0.4 is 22.5 Å². The third-order valence-corrected chi connectivity index (χ3v) is 0.262. The molecule has 0 aromatic rings. The van der Waals surface area contributed by atoms with Crippen molar-refractivity contribution in [3.63, 3.8) is 0 Å². The molecule has 0 bridgehead atoms. The molecule has 68 valence electrons. The highest BCUT2D eigenvalue weighted by Gasteiger charge is 2.00. The number of phosphoric acid groups is 1. The van der Waals surface area contributed by atoms with Crippen LogP contribution in [0.25, 0.3) is 0 Å². The zero-order valence-electron chi connectivity index (χ0n) is 5.26. The van der Waals surface area contributed by atoms with Crippen LogP contribution in [0.5, 0.6) is 0 Å². The summed E-state index contributed by atoms with van der Waals surface area (Å²) in [6.45, 7) is 0. The van der Waals surface area contributed by atoms with Gasteiger partial charge in [-0.1, -0.05) is 0 Å². The molecule has 0 heterocycles. The van der Waals surface area contributed by atoms with E-state index in [-0.39, 0.29) is 0 Å². The fraction of sp³-hybridized carbons (Fsp3) is 0. The maximum atomic E-state index is 9.71. The molecule has 9 nitrogen and oxygen atoms in total. The van der Waals surface area contributed by atoms with Gasteiger partial charge in [-0.15, -0.1) is 0 Å². The minimum Gasteiger partial charge on any atom is -0.303 e. The average Bonchev–Trinajstić information content (AvgIpc) is 1.83. The van der Waals surface area contributed by atoms with Gasteiger partial charge in [0.2, 0.25) is 0 Å². The summed E-state index contributed by atoms with van der Waals surface area (Å²) in [6, 6.07) is -0.602. The summed E-state index contributed by atoms with van der Waals surface area (Å²) in [4.78, 5) is 31.3. The van der Waals surface area contributed by atoms with Gasteiger partial charge in [-0.25, -0.2) is 21.0 Å². The lowest BCUT2D eigenvalue weighted by Gasteiger charge is -1.90. The highest BCUT2D eigenvalue weighted by Crippen LogP contribution is 2.25. The van der Waals surface area contributed by atoms with Crippen molar-refractivity contribution < 1.29 is 24.0 Å². The van der Waals surface area contributed by atoms with Crippen molar-refractivity contribution in [2.75, 3.05) is 0 Å². The molecule has 9 N–H and O–H groups in total. The van der Waals surface area contributed by atoms with Crippen molar-refractivity contribution in [1.82, 2.24) is 10.9 Å². The van der Waals surface area contributed by atoms with Gasteiger partial charge in [-0.2, -0.15) is 0 Å². The Morgan fingerprint density at radius 1 is 1.18 bits per heavy atom. The molecule has 0 spiro atoms. The minimum atomic E-state index is -4.64. The van der Waals surface area contributed by atoms with Crippen LogP contribution in [0.1, 0.15) is 0 Å². The van der Waals surface area contributed by atoms with E-state index < -0.39 is 13.9 Å². The number of rotatable bonds is 0. The Kier molecular flexibility index (Phi) is 7.10. The maximum Gasteiger partial charge on any atom is 0.466 e. The van der Waals surface area contributed by atoms with E-state index in [0.29, 0.717) is 0 Å². The molecule has 10 heteroatoms. The van der Waals surface area contributed by atoms with Crippen molar-refractivity contribution in [1.29, 1.82) is 0 Å². The van der Waals surface area contributed by atoms with E-state index in [1.165, 1.54) is 0 Å². The zero-order chi connectivity index (χ0) is 9.49. The normalized spacial score (nSPS) is 9.18. The van der Waals surface area contributed by atoms with E-state index in [4.69, 9.17) is 19.2 Å². The molecule has 0 aliphatic rings. The lowest BCUT2D eigenvalue weighted by atomic mass is 11.1. The summed E-state index contributed by atoms with van der Waals surface area (Å²) >= 11 is 0. The summed E-state index contributed by atoms with van der Waals surface area (Å²) in [5, 5.41) is 0. The minimum absolute atomic E-state index is 0.602. The van der Waals surface area contributed by atoms with E-state index in [9.17, 15) is 4.79 Å². The molecular formula is CH9N4O5P. The Morgan fingerprint density at radius 2 is 1.36 bits per heavy atom. The van der Waals surface area contributed by atoms with Crippen LogP contribution in [-0.2, 0) is 4.57 Å². The monoisotopic (exact) mass is 188 g/mol. The second-order valence-electron chi connectivity index (χ2n) is 1.13. The van der Waals surface area contributed by atoms with Crippen LogP contribution in [0.2, 0.25) is 0 Å². The lowest BCUT2D eigenvalue weighted by Crippen LogP contribution is -2.43. The third kappa shape index (κ3) is 45.5. The Balaban J connectivity index is 0. The van der Waals surface area contributed by atoms with E-state index in [0.717, 1.165) is 0 Å². The molecule has 0 fully saturated rings. The summed E-state index contributed by atoms with van der Waals surface area (Å²) in [7, 11) is -4.64. The van der Waals surface area contributed by atoms with Gasteiger partial charge in [-0.05, 0) is 0 Å². The van der Waals surface area contributed by atoms with E-state index in [1.54, 1.807) is 10.9 Å². The Labute approximate surface area is 61.6 Å². The second-order valence-corrected chi connectivity index (χ2v) is 2.16. The lowest BCUT2D eigenvalue weighted by molar-refractivity contribution is 0.241. The van der Waals surface area contributed by atoms with Crippen LogP contribution in [-0.4, -0.2) is 20.7 Å². The van der Waals surface area contributed by atoms with Crippen molar-refractivity contribution >= 4 is 13.9 Å². The fourth-order valence-electron chi connectivity index (χ4n) is 0.0417. The molecule has 0 radical (unpaired) electrons. The molecule has 0 rings (SSSR count). The van der Waals surface area contributed by atoms with Gasteiger partial charge >= 0.3 is 13.9 Å². The first-order valence-corrected chi connectivity index (χ1v) is 3.63. The molecule has 0 saturated heterocycles. The van der Waals surface area contributed by atoms with Crippen molar-refractivity contribution in [2.45, 2.75) is 0 Å². The Morgan fingerprint density at radius 3 is 1.36 bits per heavy atom. The summed E-state index contributed by atoms with van der Waals surface area (Å²) < 4.78 is 8.88. The van der Waals surface area contributed by atoms with Gasteiger partial charge in [0.1, 0.15) is 0 Å². The topological polar surface area (TPSA) is 171 Å². The molecular weight excluding hydrogens is 179 g/mol. The highest BCUT2D eigenvalue weighted by atomic mass is 31.2. The number of hydrogen-bond donors (Lipinski definition) is 7. The number of carbonyl (C=O) groups is 1. The number of nitrogens with one attached hydrogen (secondary N) is 2. The summed E-state index contributed by atoms with van der Waals surface area (Å²) in [6.07, 6.45) is 0. The SMILES string of the molecule is NNC(=O)NN.O=P(O)(O)O. The van der Waals surface area contributed by atoms with Crippen molar-refractivity contribution in [3.8, 4) is 0 Å². The second kappa shape index (κ2) is 6.04. The number of hydrazine groups is 2. The predicted octanol–water partition coefficient (Wildman–Crippen LogP) is -2.90. The van der Waals surface area contributed by atoms with E-state index in [1.807, 2.05) is 0 Å². The standard InChI is InChI=1S/CH6N4O.H3O4P/c2-4-1(6)5-3;1-5(2,3)4/h2-3H2,(H2,4,5,6);(H3,1,2,3,4). The molecule has 0 aliphatic heterocycles. The smallest absolute Gasteiger partial charge is 0.303 e. The number of carbonyl (C=O) groups excluding carboxylic acids is 1. The Hall–Kier alpha value is -0.700. The van der Waals surface area contributed by atoms with Gasteiger partial charge in [0, 0.05) is 0 Å². The first-order valence-electron chi connectivity index (χ1n) is 2.06. The van der Waals surface area contributed by atoms with Gasteiger partial charge < -0.3 is 14.7 Å². The summed E-state index contributed by atoms with van der Waals surface area (Å²) in [5.74, 6) is 9.08. The largest absolute Gasteiger partial charge is 0.466 e. The number of hydrogen-bond acceptors (Lipinski definition) is 4. The first kappa shape index (κ1) is 12.9. The quantitative estimate of drug-likeness (QED) is 0.0924. The predicted molar refractivity (Wildman–Crippen MR) is 34.3 cm³/mol. The molecule has 0 aromatic heterocycles. The van der Waals surface area contributed by atoms with E-state index in [2.05, 4.69) is 11.7 Å². The van der Waals surface area contributed by atoms with Crippen molar-refractivity contribution in [2.24, 2.45) is 11.7 Å². The third-order valence-electron chi connectivity index (χ3n) is 0.262. The van der Waals surface area contributed by atoms with Crippen molar-refractivity contribution in [3.05, 3.63) is 0 Å². The van der Waals surface area contributed by atoms with Crippen LogP contribution in [0.3, 0.4) is 0 Å². The average molecular weight is 188 g/mol. The van der Waals surface area contributed by atoms with Crippen LogP contribution in [0.15, 0.2) is 0 Å². The van der Waals surface area contributed by atoms with Gasteiger partial charge in [0.25, 0.3) is 0 Å².